The zero-order valence-corrected chi connectivity index (χ0v) is 12.1. The number of morpholine rings is 1. The van der Waals surface area contributed by atoms with Crippen molar-refractivity contribution in [3.63, 3.8) is 0 Å². The van der Waals surface area contributed by atoms with Gasteiger partial charge in [0.1, 0.15) is 0 Å². The van der Waals surface area contributed by atoms with Crippen molar-refractivity contribution >= 4 is 6.03 Å². The summed E-state index contributed by atoms with van der Waals surface area (Å²) in [6, 6.07) is 0.119. The predicted octanol–water partition coefficient (Wildman–Crippen LogP) is 1.15. The molecule has 1 atom stereocenters. The quantitative estimate of drug-likeness (QED) is 0.779. The van der Waals surface area contributed by atoms with Gasteiger partial charge in [0, 0.05) is 32.7 Å². The molecule has 5 heteroatoms. The molecule has 2 aliphatic heterocycles. The molecule has 2 fully saturated rings. The number of piperidine rings is 1. The zero-order valence-electron chi connectivity index (χ0n) is 12.1. The van der Waals surface area contributed by atoms with Crippen LogP contribution in [0.25, 0.3) is 0 Å². The molecule has 19 heavy (non-hydrogen) atoms. The highest BCUT2D eigenvalue weighted by Crippen LogP contribution is 2.15. The van der Waals surface area contributed by atoms with Crippen molar-refractivity contribution in [3.05, 3.63) is 0 Å². The van der Waals surface area contributed by atoms with E-state index in [0.717, 1.165) is 65.3 Å². The lowest BCUT2D eigenvalue weighted by Crippen LogP contribution is -2.45. The number of hydrogen-bond donors (Lipinski definition) is 1. The van der Waals surface area contributed by atoms with Gasteiger partial charge in [-0.1, -0.05) is 6.92 Å². The van der Waals surface area contributed by atoms with Gasteiger partial charge in [0.15, 0.2) is 0 Å². The molecule has 0 aliphatic carbocycles. The molecule has 2 rings (SSSR count). The number of rotatable bonds is 4. The molecule has 2 heterocycles. The first-order chi connectivity index (χ1) is 9.25. The van der Waals surface area contributed by atoms with Crippen LogP contribution in [0.15, 0.2) is 0 Å². The first-order valence-corrected chi connectivity index (χ1v) is 7.58. The normalized spacial score (nSPS) is 25.3. The molecule has 0 radical (unpaired) electrons. The Morgan fingerprint density at radius 2 is 2.11 bits per heavy atom. The molecular weight excluding hydrogens is 242 g/mol. The van der Waals surface area contributed by atoms with Crippen molar-refractivity contribution in [3.8, 4) is 0 Å². The number of carbonyl (C=O) groups excluding carboxylic acids is 1. The third-order valence-electron chi connectivity index (χ3n) is 3.98. The summed E-state index contributed by atoms with van der Waals surface area (Å²) in [5, 5.41) is 3.04. The van der Waals surface area contributed by atoms with E-state index in [9.17, 15) is 4.79 Å². The van der Waals surface area contributed by atoms with Crippen LogP contribution in [0.5, 0.6) is 0 Å². The molecule has 0 aromatic carbocycles. The van der Waals surface area contributed by atoms with Gasteiger partial charge in [0.25, 0.3) is 0 Å². The lowest BCUT2D eigenvalue weighted by atomic mass is 10.0. The number of hydrogen-bond acceptors (Lipinski definition) is 3. The van der Waals surface area contributed by atoms with Crippen LogP contribution in [0.3, 0.4) is 0 Å². The minimum absolute atomic E-state index is 0.119. The third kappa shape index (κ3) is 4.99. The molecule has 0 bridgehead atoms. The van der Waals surface area contributed by atoms with Gasteiger partial charge in [-0.3, -0.25) is 4.90 Å². The molecule has 5 nitrogen and oxygen atoms in total. The molecule has 2 amide bonds. The number of nitrogens with zero attached hydrogens (tertiary/aromatic N) is 2. The maximum atomic E-state index is 12.0. The molecule has 1 unspecified atom stereocenters. The summed E-state index contributed by atoms with van der Waals surface area (Å²) in [5.74, 6) is 0.646. The van der Waals surface area contributed by atoms with E-state index in [-0.39, 0.29) is 6.03 Å². The predicted molar refractivity (Wildman–Crippen MR) is 75.2 cm³/mol. The van der Waals surface area contributed by atoms with Crippen molar-refractivity contribution in [1.29, 1.82) is 0 Å². The van der Waals surface area contributed by atoms with Crippen LogP contribution < -0.4 is 5.32 Å². The summed E-state index contributed by atoms with van der Waals surface area (Å²) in [6.07, 6.45) is 3.41. The minimum atomic E-state index is 0.119. The molecule has 0 aromatic rings. The highest BCUT2D eigenvalue weighted by molar-refractivity contribution is 5.74. The second-order valence-electron chi connectivity index (χ2n) is 5.73. The molecule has 1 N–H and O–H groups in total. The van der Waals surface area contributed by atoms with E-state index in [2.05, 4.69) is 17.1 Å². The minimum Gasteiger partial charge on any atom is -0.379 e. The van der Waals surface area contributed by atoms with E-state index >= 15 is 0 Å². The number of amides is 2. The molecule has 110 valence electrons. The SMILES string of the molecule is CC1CCCN(C(=O)NCCCN2CCOCC2)C1. The van der Waals surface area contributed by atoms with Crippen LogP contribution in [0, 0.1) is 5.92 Å². The second-order valence-corrected chi connectivity index (χ2v) is 5.73. The van der Waals surface area contributed by atoms with Crippen LogP contribution in [-0.2, 0) is 4.74 Å². The lowest BCUT2D eigenvalue weighted by molar-refractivity contribution is 0.0374. The van der Waals surface area contributed by atoms with Crippen LogP contribution in [0.2, 0.25) is 0 Å². The number of carbonyl (C=O) groups is 1. The number of urea groups is 1. The van der Waals surface area contributed by atoms with Gasteiger partial charge in [-0.05, 0) is 31.7 Å². The maximum absolute atomic E-state index is 12.0. The molecule has 2 aliphatic rings. The fourth-order valence-electron chi connectivity index (χ4n) is 2.81. The van der Waals surface area contributed by atoms with Crippen molar-refractivity contribution < 1.29 is 9.53 Å². The van der Waals surface area contributed by atoms with Crippen LogP contribution in [-0.4, -0.2) is 68.3 Å². The third-order valence-corrected chi connectivity index (χ3v) is 3.98. The number of nitrogens with one attached hydrogen (secondary N) is 1. The Morgan fingerprint density at radius 1 is 1.32 bits per heavy atom. The van der Waals surface area contributed by atoms with Crippen molar-refractivity contribution in [1.82, 2.24) is 15.1 Å². The van der Waals surface area contributed by atoms with E-state index in [1.807, 2.05) is 4.90 Å². The van der Waals surface area contributed by atoms with E-state index in [4.69, 9.17) is 4.74 Å². The van der Waals surface area contributed by atoms with Crippen molar-refractivity contribution in [2.24, 2.45) is 5.92 Å². The number of likely N-dealkylation sites (tertiary alicyclic amines) is 1. The summed E-state index contributed by atoms with van der Waals surface area (Å²) in [4.78, 5) is 16.3. The summed E-state index contributed by atoms with van der Waals surface area (Å²) in [7, 11) is 0. The van der Waals surface area contributed by atoms with Gasteiger partial charge in [0.2, 0.25) is 0 Å². The van der Waals surface area contributed by atoms with Gasteiger partial charge in [-0.25, -0.2) is 4.79 Å². The summed E-state index contributed by atoms with van der Waals surface area (Å²) in [5.41, 5.74) is 0. The highest BCUT2D eigenvalue weighted by atomic mass is 16.5. The Kier molecular flexibility index (Phi) is 5.92. The molecule has 2 saturated heterocycles. The Balaban J connectivity index is 1.55. The average Bonchev–Trinajstić information content (AvgIpc) is 2.44. The lowest BCUT2D eigenvalue weighted by Gasteiger charge is -2.31. The first-order valence-electron chi connectivity index (χ1n) is 7.58. The molecule has 0 spiro atoms. The van der Waals surface area contributed by atoms with Gasteiger partial charge < -0.3 is 15.0 Å². The average molecular weight is 269 g/mol. The molecule has 0 aromatic heterocycles. The van der Waals surface area contributed by atoms with Crippen LogP contribution in [0.1, 0.15) is 26.2 Å². The largest absolute Gasteiger partial charge is 0.379 e. The monoisotopic (exact) mass is 269 g/mol. The van der Waals surface area contributed by atoms with Gasteiger partial charge in [-0.2, -0.15) is 0 Å². The summed E-state index contributed by atoms with van der Waals surface area (Å²) >= 11 is 0. The van der Waals surface area contributed by atoms with Gasteiger partial charge >= 0.3 is 6.03 Å². The zero-order chi connectivity index (χ0) is 13.5. The van der Waals surface area contributed by atoms with E-state index in [1.54, 1.807) is 0 Å². The smallest absolute Gasteiger partial charge is 0.317 e. The Labute approximate surface area is 116 Å². The fraction of sp³-hybridized carbons (Fsp3) is 0.929. The standard InChI is InChI=1S/C14H27N3O2/c1-13-4-2-7-17(12-13)14(18)15-5-3-6-16-8-10-19-11-9-16/h13H,2-12H2,1H3,(H,15,18). The van der Waals surface area contributed by atoms with Crippen LogP contribution >= 0.6 is 0 Å². The topological polar surface area (TPSA) is 44.8 Å². The number of ether oxygens (including phenoxy) is 1. The van der Waals surface area contributed by atoms with E-state index < -0.39 is 0 Å². The Bertz CT molecular complexity index is 280. The first kappa shape index (κ1) is 14.6. The van der Waals surface area contributed by atoms with E-state index in [1.165, 1.54) is 6.42 Å². The van der Waals surface area contributed by atoms with Gasteiger partial charge in [0.05, 0.1) is 13.2 Å². The maximum Gasteiger partial charge on any atom is 0.317 e. The molecule has 0 saturated carbocycles. The molecular formula is C14H27N3O2. The highest BCUT2D eigenvalue weighted by Gasteiger charge is 2.20. The van der Waals surface area contributed by atoms with Crippen LogP contribution in [0.4, 0.5) is 4.79 Å². The van der Waals surface area contributed by atoms with E-state index in [0.29, 0.717) is 5.92 Å². The van der Waals surface area contributed by atoms with Gasteiger partial charge in [-0.15, -0.1) is 0 Å². The Hall–Kier alpha value is -0.810. The Morgan fingerprint density at radius 3 is 2.84 bits per heavy atom. The summed E-state index contributed by atoms with van der Waals surface area (Å²) < 4.78 is 5.32. The second kappa shape index (κ2) is 7.70. The van der Waals surface area contributed by atoms with Crippen molar-refractivity contribution in [2.45, 2.75) is 26.2 Å². The summed E-state index contributed by atoms with van der Waals surface area (Å²) in [6.45, 7) is 9.62. The van der Waals surface area contributed by atoms with Crippen molar-refractivity contribution in [2.75, 3.05) is 52.5 Å². The fourth-order valence-corrected chi connectivity index (χ4v) is 2.81.